The molecule has 0 spiro atoms. The fourth-order valence-electron chi connectivity index (χ4n) is 1.42. The van der Waals surface area contributed by atoms with E-state index in [1.165, 1.54) is 12.0 Å². The molecule has 21 heavy (non-hydrogen) atoms. The van der Waals surface area contributed by atoms with Crippen molar-refractivity contribution >= 4 is 0 Å². The van der Waals surface area contributed by atoms with Crippen molar-refractivity contribution in [3.8, 4) is 5.75 Å². The van der Waals surface area contributed by atoms with Crippen molar-refractivity contribution < 1.29 is 9.47 Å². The minimum absolute atomic E-state index is 0.799. The van der Waals surface area contributed by atoms with Crippen molar-refractivity contribution in [1.29, 1.82) is 0 Å². The molecule has 0 aliphatic carbocycles. The van der Waals surface area contributed by atoms with Gasteiger partial charge in [0.25, 0.3) is 0 Å². The minimum atomic E-state index is 0.799. The molecule has 126 valence electrons. The third kappa shape index (κ3) is 19.0. The van der Waals surface area contributed by atoms with Gasteiger partial charge in [-0.2, -0.15) is 0 Å². The van der Waals surface area contributed by atoms with Gasteiger partial charge in [0.2, 0.25) is 0 Å². The van der Waals surface area contributed by atoms with Gasteiger partial charge < -0.3 is 9.47 Å². The van der Waals surface area contributed by atoms with E-state index in [1.54, 1.807) is 7.11 Å². The first-order chi connectivity index (χ1) is 10.3. The first-order valence-corrected chi connectivity index (χ1v) is 8.51. The number of methoxy groups -OCH3 is 1. The van der Waals surface area contributed by atoms with E-state index >= 15 is 0 Å². The molecule has 0 heterocycles. The van der Waals surface area contributed by atoms with Crippen LogP contribution >= 0.6 is 0 Å². The number of hydrogen-bond donors (Lipinski definition) is 0. The monoisotopic (exact) mass is 298 g/mol. The quantitative estimate of drug-likeness (QED) is 0.552. The van der Waals surface area contributed by atoms with Gasteiger partial charge >= 0.3 is 0 Å². The highest BCUT2D eigenvalue weighted by Crippen LogP contribution is 2.12. The Morgan fingerprint density at radius 3 is 1.90 bits per heavy atom. The molecule has 0 N–H and O–H groups in total. The summed E-state index contributed by atoms with van der Waals surface area (Å²) in [6.45, 7) is 15.7. The first kappa shape index (κ1) is 25.0. The molecule has 0 atom stereocenters. The maximum absolute atomic E-state index is 5.63. The predicted molar refractivity (Wildman–Crippen MR) is 96.4 cm³/mol. The van der Waals surface area contributed by atoms with Crippen LogP contribution in [0, 0.1) is 6.92 Å². The van der Waals surface area contributed by atoms with Gasteiger partial charge in [-0.1, -0.05) is 53.7 Å². The van der Waals surface area contributed by atoms with E-state index in [0.29, 0.717) is 0 Å². The lowest BCUT2D eigenvalue weighted by Gasteiger charge is -2.06. The number of rotatable bonds is 7. The Hall–Kier alpha value is -1.02. The molecule has 1 rings (SSSR count). The van der Waals surface area contributed by atoms with Crippen LogP contribution in [0.2, 0.25) is 0 Å². The largest absolute Gasteiger partial charge is 0.494 e. The Bertz CT molecular complexity index is 272. The summed E-state index contributed by atoms with van der Waals surface area (Å²) in [5, 5.41) is 0. The second-order valence-electron chi connectivity index (χ2n) is 3.72. The molecule has 0 fully saturated rings. The van der Waals surface area contributed by atoms with Crippen LogP contribution < -0.4 is 4.74 Å². The topological polar surface area (TPSA) is 18.5 Å². The highest BCUT2D eigenvalue weighted by Gasteiger charge is 1.94. The van der Waals surface area contributed by atoms with Gasteiger partial charge in [-0.25, -0.2) is 0 Å². The fourth-order valence-corrected chi connectivity index (χ4v) is 1.42. The lowest BCUT2D eigenvalue weighted by molar-refractivity contribution is 0.189. The van der Waals surface area contributed by atoms with Gasteiger partial charge in [-0.15, -0.1) is 0 Å². The highest BCUT2D eigenvalue weighted by atomic mass is 16.5. The summed E-state index contributed by atoms with van der Waals surface area (Å²) in [5.74, 6) is 0.974. The van der Waals surface area contributed by atoms with E-state index in [1.807, 2.05) is 53.7 Å². The molecule has 2 heteroatoms. The molecular formula is C19H38O2. The predicted octanol–water partition coefficient (Wildman–Crippen LogP) is 6.27. The second-order valence-corrected chi connectivity index (χ2v) is 3.72. The van der Waals surface area contributed by atoms with Gasteiger partial charge in [-0.05, 0) is 43.9 Å². The lowest BCUT2D eigenvalue weighted by Crippen LogP contribution is -1.98. The van der Waals surface area contributed by atoms with Crippen molar-refractivity contribution in [2.24, 2.45) is 0 Å². The summed E-state index contributed by atoms with van der Waals surface area (Å²) in [5.41, 5.74) is 1.24. The van der Waals surface area contributed by atoms with Crippen molar-refractivity contribution in [3.63, 3.8) is 0 Å². The van der Waals surface area contributed by atoms with E-state index in [9.17, 15) is 0 Å². The Balaban J connectivity index is -0.000000478. The fraction of sp³-hybridized carbons (Fsp3) is 0.684. The zero-order valence-corrected chi connectivity index (χ0v) is 15.7. The van der Waals surface area contributed by atoms with E-state index in [0.717, 1.165) is 31.8 Å². The maximum Gasteiger partial charge on any atom is 0.119 e. The number of hydrogen-bond acceptors (Lipinski definition) is 2. The summed E-state index contributed by atoms with van der Waals surface area (Å²) in [6.07, 6.45) is 3.38. The Kier molecular flexibility index (Phi) is 28.6. The summed E-state index contributed by atoms with van der Waals surface area (Å²) < 4.78 is 10.6. The Morgan fingerprint density at radius 1 is 0.810 bits per heavy atom. The van der Waals surface area contributed by atoms with Crippen LogP contribution in [0.4, 0.5) is 0 Å². The lowest BCUT2D eigenvalue weighted by atomic mass is 10.2. The van der Waals surface area contributed by atoms with Crippen LogP contribution in [0.3, 0.4) is 0 Å². The van der Waals surface area contributed by atoms with Crippen molar-refractivity contribution in [2.75, 3.05) is 20.3 Å². The van der Waals surface area contributed by atoms with Crippen molar-refractivity contribution in [3.05, 3.63) is 29.8 Å². The SMILES string of the molecule is CC.CC.CC.COCCCCCOc1cccc(C)c1. The highest BCUT2D eigenvalue weighted by molar-refractivity contribution is 5.27. The van der Waals surface area contributed by atoms with E-state index in [4.69, 9.17) is 9.47 Å². The third-order valence-electron chi connectivity index (χ3n) is 2.25. The number of benzene rings is 1. The summed E-state index contributed by atoms with van der Waals surface area (Å²) >= 11 is 0. The number of aryl methyl sites for hydroxylation is 1. The van der Waals surface area contributed by atoms with E-state index in [-0.39, 0.29) is 0 Å². The molecule has 1 aromatic rings. The maximum atomic E-state index is 5.63. The summed E-state index contributed by atoms with van der Waals surface area (Å²) in [4.78, 5) is 0. The first-order valence-electron chi connectivity index (χ1n) is 8.51. The average Bonchev–Trinajstić information content (AvgIpc) is 2.56. The smallest absolute Gasteiger partial charge is 0.119 e. The van der Waals surface area contributed by atoms with Crippen LogP contribution in [-0.4, -0.2) is 20.3 Å². The molecule has 0 amide bonds. The van der Waals surface area contributed by atoms with Gasteiger partial charge in [-0.3, -0.25) is 0 Å². The molecule has 0 radical (unpaired) electrons. The molecule has 0 aliphatic heterocycles. The molecule has 0 aliphatic rings. The number of unbranched alkanes of at least 4 members (excludes halogenated alkanes) is 2. The molecule has 0 unspecified atom stereocenters. The van der Waals surface area contributed by atoms with Gasteiger partial charge in [0.05, 0.1) is 6.61 Å². The van der Waals surface area contributed by atoms with Gasteiger partial charge in [0.1, 0.15) is 5.75 Å². The molecule has 0 saturated heterocycles. The van der Waals surface area contributed by atoms with Crippen LogP contribution in [0.5, 0.6) is 5.75 Å². The van der Waals surface area contributed by atoms with Crippen molar-refractivity contribution in [1.82, 2.24) is 0 Å². The normalized spacial score (nSPS) is 8.19. The Labute approximate surface area is 133 Å². The molecule has 0 saturated carbocycles. The van der Waals surface area contributed by atoms with E-state index < -0.39 is 0 Å². The zero-order valence-electron chi connectivity index (χ0n) is 15.7. The molecular weight excluding hydrogens is 260 g/mol. The zero-order chi connectivity index (χ0) is 16.9. The van der Waals surface area contributed by atoms with Crippen LogP contribution in [0.25, 0.3) is 0 Å². The van der Waals surface area contributed by atoms with Crippen LogP contribution in [0.15, 0.2) is 24.3 Å². The third-order valence-corrected chi connectivity index (χ3v) is 2.25. The van der Waals surface area contributed by atoms with E-state index in [2.05, 4.69) is 19.1 Å². The minimum Gasteiger partial charge on any atom is -0.494 e. The summed E-state index contributed by atoms with van der Waals surface area (Å²) in [6, 6.07) is 8.17. The summed E-state index contributed by atoms with van der Waals surface area (Å²) in [7, 11) is 1.74. The Morgan fingerprint density at radius 2 is 1.38 bits per heavy atom. The van der Waals surface area contributed by atoms with Crippen LogP contribution in [-0.2, 0) is 4.74 Å². The van der Waals surface area contributed by atoms with Crippen LogP contribution in [0.1, 0.15) is 66.4 Å². The molecule has 0 bridgehead atoms. The number of ether oxygens (including phenoxy) is 2. The average molecular weight is 299 g/mol. The molecule has 1 aromatic carbocycles. The second kappa shape index (κ2) is 24.0. The van der Waals surface area contributed by atoms with Crippen molar-refractivity contribution in [2.45, 2.75) is 67.7 Å². The van der Waals surface area contributed by atoms with Gasteiger partial charge in [0, 0.05) is 13.7 Å². The standard InChI is InChI=1S/C13H20O2.3C2H6/c1-12-7-6-8-13(11-12)15-10-5-3-4-9-14-2;3*1-2/h6-8,11H,3-5,9-10H2,1-2H3;3*1-2H3. The molecule has 0 aromatic heterocycles. The van der Waals surface area contributed by atoms with Gasteiger partial charge in [0.15, 0.2) is 0 Å². The molecule has 2 nitrogen and oxygen atoms in total.